The first-order valence-corrected chi connectivity index (χ1v) is 6.29. The van der Waals surface area contributed by atoms with E-state index in [0.717, 1.165) is 0 Å². The molecule has 0 radical (unpaired) electrons. The van der Waals surface area contributed by atoms with E-state index in [1.54, 1.807) is 24.4 Å². The highest BCUT2D eigenvalue weighted by molar-refractivity contribution is 7.12. The lowest BCUT2D eigenvalue weighted by molar-refractivity contribution is -0.144. The minimum Gasteiger partial charge on any atom is -0.454 e. The quantitative estimate of drug-likeness (QED) is 0.819. The number of carbonyl (C=O) groups is 2. The number of nitrogens with zero attached hydrogens (tertiary/aromatic N) is 2. The lowest BCUT2D eigenvalue weighted by Crippen LogP contribution is -2.30. The topological polar surface area (TPSA) is 94.3 Å². The lowest BCUT2D eigenvalue weighted by atomic mass is 10.4. The van der Waals surface area contributed by atoms with Crippen molar-refractivity contribution in [3.05, 3.63) is 34.1 Å². The zero-order valence-corrected chi connectivity index (χ0v) is 10.9. The number of carbonyl (C=O) groups excluding carboxylic acids is 2. The minimum absolute atomic E-state index is 0.103. The van der Waals surface area contributed by atoms with Gasteiger partial charge in [-0.2, -0.15) is 4.98 Å². The highest BCUT2D eigenvalue weighted by Gasteiger charge is 2.11. The van der Waals surface area contributed by atoms with Gasteiger partial charge < -0.3 is 14.6 Å². The minimum atomic E-state index is -0.569. The number of aromatic nitrogens is 2. The van der Waals surface area contributed by atoms with Gasteiger partial charge in [-0.05, 0) is 18.4 Å². The Morgan fingerprint density at radius 3 is 3.00 bits per heavy atom. The molecule has 2 rings (SSSR count). The second-order valence-electron chi connectivity index (χ2n) is 3.56. The maximum absolute atomic E-state index is 11.5. The van der Waals surface area contributed by atoms with Crippen LogP contribution in [0.5, 0.6) is 0 Å². The van der Waals surface area contributed by atoms with E-state index in [1.807, 2.05) is 0 Å². The van der Waals surface area contributed by atoms with E-state index in [1.165, 1.54) is 11.3 Å². The molecule has 0 bridgehead atoms. The molecule has 0 saturated heterocycles. The standard InChI is InChI=1S/C11H11N3O4S/c1-7-13-9(18-14-7)6-17-10(15)5-12-11(16)8-3-2-4-19-8/h2-4H,5-6H2,1H3,(H,12,16). The van der Waals surface area contributed by atoms with Gasteiger partial charge in [0.2, 0.25) is 0 Å². The molecular formula is C11H11N3O4S. The van der Waals surface area contributed by atoms with Crippen LogP contribution in [0, 0.1) is 6.92 Å². The Kier molecular flexibility index (Phi) is 4.24. The summed E-state index contributed by atoms with van der Waals surface area (Å²) in [6.45, 7) is 1.36. The van der Waals surface area contributed by atoms with E-state index >= 15 is 0 Å². The summed E-state index contributed by atoms with van der Waals surface area (Å²) in [5, 5.41) is 7.80. The van der Waals surface area contributed by atoms with Crippen LogP contribution < -0.4 is 5.32 Å². The molecule has 0 aliphatic rings. The zero-order chi connectivity index (χ0) is 13.7. The van der Waals surface area contributed by atoms with Crippen LogP contribution in [0.1, 0.15) is 21.4 Å². The first kappa shape index (κ1) is 13.2. The fraction of sp³-hybridized carbons (Fsp3) is 0.273. The average Bonchev–Trinajstić information content (AvgIpc) is 3.04. The SMILES string of the molecule is Cc1noc(COC(=O)CNC(=O)c2cccs2)n1. The number of amides is 1. The number of esters is 1. The van der Waals surface area contributed by atoms with Crippen molar-refractivity contribution in [1.29, 1.82) is 0 Å². The molecule has 0 aliphatic carbocycles. The maximum Gasteiger partial charge on any atom is 0.325 e. The van der Waals surface area contributed by atoms with E-state index in [-0.39, 0.29) is 24.9 Å². The average molecular weight is 281 g/mol. The number of ether oxygens (including phenoxy) is 1. The predicted octanol–water partition coefficient (Wildman–Crippen LogP) is 0.913. The van der Waals surface area contributed by atoms with Crippen LogP contribution in [0.4, 0.5) is 0 Å². The summed E-state index contributed by atoms with van der Waals surface area (Å²) in [6.07, 6.45) is 0. The smallest absolute Gasteiger partial charge is 0.325 e. The summed E-state index contributed by atoms with van der Waals surface area (Å²) in [4.78, 5) is 27.3. The Bertz CT molecular complexity index is 564. The number of nitrogens with one attached hydrogen (secondary N) is 1. The predicted molar refractivity (Wildman–Crippen MR) is 65.5 cm³/mol. The van der Waals surface area contributed by atoms with Crippen molar-refractivity contribution in [3.63, 3.8) is 0 Å². The first-order valence-electron chi connectivity index (χ1n) is 5.41. The third-order valence-electron chi connectivity index (χ3n) is 2.06. The van der Waals surface area contributed by atoms with E-state index in [9.17, 15) is 9.59 Å². The van der Waals surface area contributed by atoms with Gasteiger partial charge in [-0.1, -0.05) is 11.2 Å². The number of aryl methyl sites for hydroxylation is 1. The molecule has 0 spiro atoms. The van der Waals surface area contributed by atoms with Gasteiger partial charge >= 0.3 is 5.97 Å². The van der Waals surface area contributed by atoms with Gasteiger partial charge in [0.15, 0.2) is 12.4 Å². The van der Waals surface area contributed by atoms with E-state index in [0.29, 0.717) is 10.7 Å². The largest absolute Gasteiger partial charge is 0.454 e. The molecule has 0 atom stereocenters. The Morgan fingerprint density at radius 1 is 1.53 bits per heavy atom. The monoisotopic (exact) mass is 281 g/mol. The van der Waals surface area contributed by atoms with E-state index in [4.69, 9.17) is 9.26 Å². The number of rotatable bonds is 5. The van der Waals surface area contributed by atoms with Crippen molar-refractivity contribution in [3.8, 4) is 0 Å². The van der Waals surface area contributed by atoms with Gasteiger partial charge in [0.1, 0.15) is 6.54 Å². The van der Waals surface area contributed by atoms with Crippen LogP contribution in [0.3, 0.4) is 0 Å². The molecule has 0 saturated carbocycles. The van der Waals surface area contributed by atoms with Crippen LogP contribution in [0.2, 0.25) is 0 Å². The van der Waals surface area contributed by atoms with Crippen LogP contribution in [-0.4, -0.2) is 28.6 Å². The summed E-state index contributed by atoms with van der Waals surface area (Å²) in [6, 6.07) is 3.43. The molecule has 0 aliphatic heterocycles. The molecule has 0 fully saturated rings. The zero-order valence-electron chi connectivity index (χ0n) is 10.1. The van der Waals surface area contributed by atoms with Crippen LogP contribution in [0.25, 0.3) is 0 Å². The molecule has 8 heteroatoms. The molecule has 2 aromatic heterocycles. The number of thiophene rings is 1. The molecule has 1 N–H and O–H groups in total. The Morgan fingerprint density at radius 2 is 2.37 bits per heavy atom. The van der Waals surface area contributed by atoms with Gasteiger partial charge in [-0.25, -0.2) is 0 Å². The third-order valence-corrected chi connectivity index (χ3v) is 2.93. The van der Waals surface area contributed by atoms with Crippen LogP contribution in [-0.2, 0) is 16.1 Å². The number of hydrogen-bond acceptors (Lipinski definition) is 7. The molecule has 19 heavy (non-hydrogen) atoms. The maximum atomic E-state index is 11.5. The van der Waals surface area contributed by atoms with Gasteiger partial charge in [0.05, 0.1) is 4.88 Å². The first-order chi connectivity index (χ1) is 9.15. The molecule has 2 aromatic rings. The summed E-state index contributed by atoms with van der Waals surface area (Å²) in [5.74, 6) is -0.186. The number of hydrogen-bond donors (Lipinski definition) is 1. The highest BCUT2D eigenvalue weighted by atomic mass is 32.1. The van der Waals surface area contributed by atoms with Crippen molar-refractivity contribution in [2.24, 2.45) is 0 Å². The molecular weight excluding hydrogens is 270 g/mol. The molecule has 2 heterocycles. The normalized spacial score (nSPS) is 10.2. The van der Waals surface area contributed by atoms with Gasteiger partial charge in [0.25, 0.3) is 11.8 Å². The van der Waals surface area contributed by atoms with Crippen LogP contribution in [0.15, 0.2) is 22.0 Å². The van der Waals surface area contributed by atoms with Crippen molar-refractivity contribution >= 4 is 23.2 Å². The van der Waals surface area contributed by atoms with Crippen molar-refractivity contribution in [1.82, 2.24) is 15.5 Å². The lowest BCUT2D eigenvalue weighted by Gasteiger charge is -2.03. The Balaban J connectivity index is 1.71. The molecule has 7 nitrogen and oxygen atoms in total. The van der Waals surface area contributed by atoms with Crippen LogP contribution >= 0.6 is 11.3 Å². The van der Waals surface area contributed by atoms with Gasteiger partial charge in [0, 0.05) is 0 Å². The van der Waals surface area contributed by atoms with Crippen molar-refractivity contribution in [2.45, 2.75) is 13.5 Å². The van der Waals surface area contributed by atoms with Crippen molar-refractivity contribution in [2.75, 3.05) is 6.54 Å². The molecule has 0 aromatic carbocycles. The Hall–Kier alpha value is -2.22. The van der Waals surface area contributed by atoms with E-state index < -0.39 is 5.97 Å². The molecule has 100 valence electrons. The third kappa shape index (κ3) is 3.88. The fourth-order valence-corrected chi connectivity index (χ4v) is 1.88. The Labute approximate surface area is 112 Å². The summed E-state index contributed by atoms with van der Waals surface area (Å²) < 4.78 is 9.64. The highest BCUT2D eigenvalue weighted by Crippen LogP contribution is 2.07. The van der Waals surface area contributed by atoms with Gasteiger partial charge in [-0.15, -0.1) is 11.3 Å². The second kappa shape index (κ2) is 6.10. The summed E-state index contributed by atoms with van der Waals surface area (Å²) in [5.41, 5.74) is 0. The van der Waals surface area contributed by atoms with E-state index in [2.05, 4.69) is 15.5 Å². The van der Waals surface area contributed by atoms with Gasteiger partial charge in [-0.3, -0.25) is 9.59 Å². The van der Waals surface area contributed by atoms with Crippen molar-refractivity contribution < 1.29 is 18.8 Å². The molecule has 1 amide bonds. The molecule has 0 unspecified atom stereocenters. The summed E-state index contributed by atoms with van der Waals surface area (Å²) >= 11 is 1.30. The summed E-state index contributed by atoms with van der Waals surface area (Å²) in [7, 11) is 0. The fourth-order valence-electron chi connectivity index (χ4n) is 1.24. The second-order valence-corrected chi connectivity index (χ2v) is 4.50.